The molecular formula is C35H39F2N5O3S. The van der Waals surface area contributed by atoms with Crippen LogP contribution < -0.4 is 5.14 Å². The molecule has 7 rings (SSSR count). The SMILES string of the molecule is Cc1nc2ccccc2n1[C@H]1C[C@H]2CC[C@@H](C1)N2CCC1(c2ccccc2)CCN(C(=O)c2c(F)ccc(S(N)(=O)=O)c2F)CC1. The van der Waals surface area contributed by atoms with Crippen LogP contribution in [0.4, 0.5) is 8.78 Å². The molecule has 3 atom stereocenters. The van der Waals surface area contributed by atoms with E-state index >= 15 is 4.39 Å². The summed E-state index contributed by atoms with van der Waals surface area (Å²) in [5, 5.41) is 5.11. The van der Waals surface area contributed by atoms with Gasteiger partial charge in [0.2, 0.25) is 10.0 Å². The molecule has 8 nitrogen and oxygen atoms in total. The number of rotatable bonds is 7. The number of sulfonamides is 1. The monoisotopic (exact) mass is 647 g/mol. The van der Waals surface area contributed by atoms with Crippen LogP contribution in [0, 0.1) is 18.6 Å². The lowest BCUT2D eigenvalue weighted by Gasteiger charge is -2.45. The summed E-state index contributed by atoms with van der Waals surface area (Å²) >= 11 is 0. The Morgan fingerprint density at radius 2 is 1.59 bits per heavy atom. The third-order valence-corrected chi connectivity index (χ3v) is 11.7. The van der Waals surface area contributed by atoms with Crippen molar-refractivity contribution in [3.05, 3.63) is 95.3 Å². The van der Waals surface area contributed by atoms with E-state index in [1.807, 2.05) is 24.3 Å². The van der Waals surface area contributed by atoms with Crippen LogP contribution in [-0.4, -0.2) is 65.4 Å². The standard InChI is InChI=1S/C35H39F2N5O3S/c1-23-39-29-9-5-6-10-30(29)42(23)27-21-25-11-12-26(22-27)41(25)20-17-35(24-7-3-2-4-8-24)15-18-40(19-16-35)34(43)32-28(36)13-14-31(33(32)37)46(38,44)45/h2-10,13-14,25-27H,11-12,15-22H2,1H3,(H2,38,44,45)/t25-,26+,27+. The minimum atomic E-state index is -4.46. The van der Waals surface area contributed by atoms with Crippen molar-refractivity contribution in [2.75, 3.05) is 19.6 Å². The number of nitrogens with two attached hydrogens (primary N) is 1. The van der Waals surface area contributed by atoms with Crippen molar-refractivity contribution < 1.29 is 22.0 Å². The Bertz CT molecular complexity index is 1870. The maximum Gasteiger partial charge on any atom is 0.259 e. The molecular weight excluding hydrogens is 608 g/mol. The van der Waals surface area contributed by atoms with Gasteiger partial charge in [-0.25, -0.2) is 27.3 Å². The number of carbonyl (C=O) groups is 1. The predicted molar refractivity (Wildman–Crippen MR) is 172 cm³/mol. The van der Waals surface area contributed by atoms with Crippen molar-refractivity contribution in [1.29, 1.82) is 0 Å². The molecule has 0 unspecified atom stereocenters. The van der Waals surface area contributed by atoms with E-state index in [0.29, 0.717) is 44.1 Å². The minimum Gasteiger partial charge on any atom is -0.338 e. The number of aromatic nitrogens is 2. The van der Waals surface area contributed by atoms with Gasteiger partial charge in [0.15, 0.2) is 5.82 Å². The van der Waals surface area contributed by atoms with E-state index in [0.717, 1.165) is 49.3 Å². The number of amides is 1. The van der Waals surface area contributed by atoms with E-state index in [1.54, 1.807) is 0 Å². The van der Waals surface area contributed by atoms with Crippen LogP contribution >= 0.6 is 0 Å². The lowest BCUT2D eigenvalue weighted by Crippen LogP contribution is -2.49. The zero-order valence-electron chi connectivity index (χ0n) is 25.9. The Balaban J connectivity index is 1.08. The summed E-state index contributed by atoms with van der Waals surface area (Å²) in [6, 6.07) is 21.7. The van der Waals surface area contributed by atoms with E-state index in [-0.39, 0.29) is 5.41 Å². The molecule has 46 heavy (non-hydrogen) atoms. The number of nitrogens with zero attached hydrogens (tertiary/aromatic N) is 4. The van der Waals surface area contributed by atoms with Gasteiger partial charge in [0.1, 0.15) is 22.1 Å². The Morgan fingerprint density at radius 3 is 2.26 bits per heavy atom. The largest absolute Gasteiger partial charge is 0.338 e. The first-order valence-electron chi connectivity index (χ1n) is 16.1. The smallest absolute Gasteiger partial charge is 0.259 e. The molecule has 2 N–H and O–H groups in total. The van der Waals surface area contributed by atoms with Crippen LogP contribution in [-0.2, 0) is 15.4 Å². The number of halogens is 2. The highest BCUT2D eigenvalue weighted by atomic mass is 32.2. The van der Waals surface area contributed by atoms with Crippen molar-refractivity contribution >= 4 is 27.0 Å². The molecule has 3 saturated heterocycles. The van der Waals surface area contributed by atoms with Crippen LogP contribution in [0.25, 0.3) is 11.0 Å². The molecule has 242 valence electrons. The van der Waals surface area contributed by atoms with E-state index < -0.39 is 38.0 Å². The van der Waals surface area contributed by atoms with E-state index in [1.165, 1.54) is 28.8 Å². The van der Waals surface area contributed by atoms with Crippen LogP contribution in [0.3, 0.4) is 0 Å². The number of piperidine rings is 2. The summed E-state index contributed by atoms with van der Waals surface area (Å²) < 4.78 is 56.0. The Kier molecular flexibility index (Phi) is 7.97. The molecule has 3 fully saturated rings. The zero-order valence-corrected chi connectivity index (χ0v) is 26.7. The summed E-state index contributed by atoms with van der Waals surface area (Å²) in [6.07, 6.45) is 6.72. The number of aryl methyl sites for hydroxylation is 1. The zero-order chi connectivity index (χ0) is 32.2. The van der Waals surface area contributed by atoms with Gasteiger partial charge in [-0.2, -0.15) is 0 Å². The van der Waals surface area contributed by atoms with E-state index in [9.17, 15) is 17.6 Å². The third kappa shape index (κ3) is 5.42. The summed E-state index contributed by atoms with van der Waals surface area (Å²) in [5.41, 5.74) is 2.38. The number of benzene rings is 3. The maximum atomic E-state index is 15.1. The number of hydrogen-bond donors (Lipinski definition) is 1. The fourth-order valence-corrected chi connectivity index (χ4v) is 9.12. The summed E-state index contributed by atoms with van der Waals surface area (Å²) in [4.78, 5) is 21.5. The normalized spacial score (nSPS) is 23.2. The second kappa shape index (κ2) is 11.8. The molecule has 3 aromatic carbocycles. The van der Waals surface area contributed by atoms with Crippen LogP contribution in [0.1, 0.15) is 72.7 Å². The van der Waals surface area contributed by atoms with Crippen molar-refractivity contribution in [2.45, 2.75) is 80.3 Å². The lowest BCUT2D eigenvalue weighted by atomic mass is 9.70. The van der Waals surface area contributed by atoms with Crippen LogP contribution in [0.5, 0.6) is 0 Å². The van der Waals surface area contributed by atoms with Gasteiger partial charge in [0.05, 0.1) is 11.0 Å². The number of fused-ring (bicyclic) bond motifs is 3. The Labute approximate surface area is 268 Å². The first kappa shape index (κ1) is 31.0. The summed E-state index contributed by atoms with van der Waals surface area (Å²) in [5.74, 6) is -2.33. The number of imidazole rings is 1. The molecule has 3 aliphatic heterocycles. The highest BCUT2D eigenvalue weighted by Gasteiger charge is 2.44. The minimum absolute atomic E-state index is 0.203. The highest BCUT2D eigenvalue weighted by Crippen LogP contribution is 2.45. The second-order valence-electron chi connectivity index (χ2n) is 13.2. The molecule has 3 aliphatic rings. The number of hydrogen-bond acceptors (Lipinski definition) is 5. The molecule has 4 aromatic rings. The second-order valence-corrected chi connectivity index (χ2v) is 14.8. The quantitative estimate of drug-likeness (QED) is 0.277. The molecule has 1 amide bonds. The fourth-order valence-electron chi connectivity index (χ4n) is 8.51. The molecule has 0 aliphatic carbocycles. The van der Waals surface area contributed by atoms with Gasteiger partial charge >= 0.3 is 0 Å². The summed E-state index contributed by atoms with van der Waals surface area (Å²) in [6.45, 7) is 3.64. The Morgan fingerprint density at radius 1 is 0.935 bits per heavy atom. The molecule has 0 saturated carbocycles. The number of carbonyl (C=O) groups excluding carboxylic acids is 1. The van der Waals surface area contributed by atoms with Crippen molar-refractivity contribution in [1.82, 2.24) is 19.4 Å². The van der Waals surface area contributed by atoms with Gasteiger partial charge < -0.3 is 9.47 Å². The molecule has 0 radical (unpaired) electrons. The van der Waals surface area contributed by atoms with E-state index in [4.69, 9.17) is 10.1 Å². The molecule has 11 heteroatoms. The Hall–Kier alpha value is -3.67. The average molecular weight is 648 g/mol. The van der Waals surface area contributed by atoms with Gasteiger partial charge in [0.25, 0.3) is 5.91 Å². The van der Waals surface area contributed by atoms with Gasteiger partial charge in [-0.05, 0) is 93.7 Å². The number of likely N-dealkylation sites (tertiary alicyclic amines) is 1. The molecule has 4 heterocycles. The first-order valence-corrected chi connectivity index (χ1v) is 17.7. The molecule has 0 spiro atoms. The third-order valence-electron chi connectivity index (χ3n) is 10.8. The van der Waals surface area contributed by atoms with Gasteiger partial charge in [-0.15, -0.1) is 0 Å². The topological polar surface area (TPSA) is 102 Å². The van der Waals surface area contributed by atoms with Gasteiger partial charge in [0, 0.05) is 31.2 Å². The van der Waals surface area contributed by atoms with Crippen molar-refractivity contribution in [3.63, 3.8) is 0 Å². The fraction of sp³-hybridized carbons (Fsp3) is 0.429. The number of para-hydroxylation sites is 2. The van der Waals surface area contributed by atoms with Gasteiger partial charge in [-0.3, -0.25) is 9.69 Å². The van der Waals surface area contributed by atoms with Crippen molar-refractivity contribution in [2.24, 2.45) is 5.14 Å². The van der Waals surface area contributed by atoms with Crippen LogP contribution in [0.15, 0.2) is 71.6 Å². The van der Waals surface area contributed by atoms with E-state index in [2.05, 4.69) is 46.7 Å². The van der Waals surface area contributed by atoms with Crippen molar-refractivity contribution in [3.8, 4) is 0 Å². The lowest BCUT2D eigenvalue weighted by molar-refractivity contribution is 0.0598. The summed E-state index contributed by atoms with van der Waals surface area (Å²) in [7, 11) is -4.46. The maximum absolute atomic E-state index is 15.1. The van der Waals surface area contributed by atoms with Gasteiger partial charge in [-0.1, -0.05) is 42.5 Å². The molecule has 1 aromatic heterocycles. The number of primary sulfonamides is 1. The van der Waals surface area contributed by atoms with Crippen LogP contribution in [0.2, 0.25) is 0 Å². The average Bonchev–Trinajstić information content (AvgIpc) is 3.50. The molecule has 2 bridgehead atoms. The first-order chi connectivity index (χ1) is 22.1. The highest BCUT2D eigenvalue weighted by molar-refractivity contribution is 7.89. The predicted octanol–water partition coefficient (Wildman–Crippen LogP) is 5.70.